The third-order valence-corrected chi connectivity index (χ3v) is 2.37. The quantitative estimate of drug-likeness (QED) is 0.602. The van der Waals surface area contributed by atoms with Gasteiger partial charge in [0, 0.05) is 25.1 Å². The van der Waals surface area contributed by atoms with Gasteiger partial charge in [0.1, 0.15) is 11.6 Å². The first kappa shape index (κ1) is 12.6. The summed E-state index contributed by atoms with van der Waals surface area (Å²) in [6.07, 6.45) is 3.52. The molecule has 5 nitrogen and oxygen atoms in total. The summed E-state index contributed by atoms with van der Waals surface area (Å²) >= 11 is 0. The number of aromatic nitrogens is 2. The number of imidazole rings is 1. The van der Waals surface area contributed by atoms with E-state index in [0.717, 1.165) is 17.1 Å². The lowest BCUT2D eigenvalue weighted by Gasteiger charge is -2.07. The Morgan fingerprint density at radius 1 is 1.17 bits per heavy atom. The Balaban J connectivity index is 1.81. The molecule has 0 aliphatic heterocycles. The molecule has 0 amide bonds. The number of H-pyrrole nitrogens is 1. The maximum atomic E-state index is 5.42. The topological polar surface area (TPSA) is 56.4 Å². The molecule has 0 atom stereocenters. The number of hydrogen-bond acceptors (Lipinski definition) is 4. The van der Waals surface area contributed by atoms with E-state index in [4.69, 9.17) is 14.2 Å². The molecular weight excluding hydrogens is 232 g/mol. The molecule has 0 spiro atoms. The Kier molecular flexibility index (Phi) is 4.75. The molecule has 2 rings (SSSR count). The van der Waals surface area contributed by atoms with Gasteiger partial charge < -0.3 is 19.2 Å². The first-order valence-corrected chi connectivity index (χ1v) is 5.69. The maximum absolute atomic E-state index is 5.42. The van der Waals surface area contributed by atoms with Crippen LogP contribution in [0.5, 0.6) is 5.75 Å². The molecule has 0 radical (unpaired) electrons. The van der Waals surface area contributed by atoms with Crippen LogP contribution in [0.15, 0.2) is 36.7 Å². The lowest BCUT2D eigenvalue weighted by Crippen LogP contribution is -2.07. The molecule has 0 aliphatic carbocycles. The van der Waals surface area contributed by atoms with Crippen LogP contribution in [0.3, 0.4) is 0 Å². The lowest BCUT2D eigenvalue weighted by atomic mass is 10.2. The molecule has 96 valence electrons. The van der Waals surface area contributed by atoms with Crippen LogP contribution >= 0.6 is 0 Å². The fraction of sp³-hybridized carbons (Fsp3) is 0.308. The van der Waals surface area contributed by atoms with Crippen LogP contribution in [-0.4, -0.2) is 37.1 Å². The van der Waals surface area contributed by atoms with E-state index in [0.29, 0.717) is 13.2 Å². The summed E-state index contributed by atoms with van der Waals surface area (Å²) in [4.78, 5) is 7.23. The average Bonchev–Trinajstić information content (AvgIpc) is 2.93. The first-order chi connectivity index (χ1) is 8.90. The number of aromatic amines is 1. The minimum Gasteiger partial charge on any atom is -0.468 e. The summed E-state index contributed by atoms with van der Waals surface area (Å²) in [7, 11) is 1.64. The maximum Gasteiger partial charge on any atom is 0.189 e. The average molecular weight is 248 g/mol. The molecule has 0 aliphatic rings. The summed E-state index contributed by atoms with van der Waals surface area (Å²) in [5.74, 6) is 1.61. The summed E-state index contributed by atoms with van der Waals surface area (Å²) < 4.78 is 15.5. The predicted octanol–water partition coefficient (Wildman–Crippen LogP) is 2.08. The van der Waals surface area contributed by atoms with Crippen molar-refractivity contribution in [1.29, 1.82) is 0 Å². The molecule has 18 heavy (non-hydrogen) atoms. The van der Waals surface area contributed by atoms with E-state index >= 15 is 0 Å². The van der Waals surface area contributed by atoms with Crippen LogP contribution in [0.25, 0.3) is 11.4 Å². The number of rotatable bonds is 7. The second kappa shape index (κ2) is 6.78. The summed E-state index contributed by atoms with van der Waals surface area (Å²) in [5.41, 5.74) is 1.02. The van der Waals surface area contributed by atoms with Gasteiger partial charge in [-0.2, -0.15) is 0 Å². The number of methoxy groups -OCH3 is 1. The molecule has 1 heterocycles. The molecule has 0 saturated carbocycles. The molecule has 0 fully saturated rings. The van der Waals surface area contributed by atoms with Crippen molar-refractivity contribution in [2.45, 2.75) is 0 Å². The molecule has 0 unspecified atom stereocenters. The van der Waals surface area contributed by atoms with Crippen molar-refractivity contribution in [3.63, 3.8) is 0 Å². The van der Waals surface area contributed by atoms with Gasteiger partial charge in [0.25, 0.3) is 0 Å². The lowest BCUT2D eigenvalue weighted by molar-refractivity contribution is -0.00846. The van der Waals surface area contributed by atoms with Gasteiger partial charge in [-0.1, -0.05) is 0 Å². The van der Waals surface area contributed by atoms with Gasteiger partial charge in [-0.3, -0.25) is 0 Å². The van der Waals surface area contributed by atoms with Crippen molar-refractivity contribution in [3.05, 3.63) is 36.7 Å². The monoisotopic (exact) mass is 248 g/mol. The number of hydrogen-bond donors (Lipinski definition) is 1. The van der Waals surface area contributed by atoms with E-state index in [1.54, 1.807) is 19.5 Å². The third-order valence-electron chi connectivity index (χ3n) is 2.37. The van der Waals surface area contributed by atoms with Gasteiger partial charge in [0.15, 0.2) is 6.79 Å². The molecule has 0 bridgehead atoms. The highest BCUT2D eigenvalue weighted by atomic mass is 16.7. The summed E-state index contributed by atoms with van der Waals surface area (Å²) in [6.45, 7) is 1.32. The first-order valence-electron chi connectivity index (χ1n) is 5.69. The molecule has 1 aromatic carbocycles. The zero-order valence-electron chi connectivity index (χ0n) is 10.3. The van der Waals surface area contributed by atoms with E-state index < -0.39 is 0 Å². The highest BCUT2D eigenvalue weighted by Gasteiger charge is 2.00. The minimum atomic E-state index is 0.226. The number of nitrogens with zero attached hydrogens (tertiary/aromatic N) is 1. The second-order valence-electron chi connectivity index (χ2n) is 3.63. The minimum absolute atomic E-state index is 0.226. The van der Waals surface area contributed by atoms with Crippen molar-refractivity contribution in [2.75, 3.05) is 27.1 Å². The van der Waals surface area contributed by atoms with E-state index in [2.05, 4.69) is 9.97 Å². The van der Waals surface area contributed by atoms with Crippen LogP contribution < -0.4 is 4.74 Å². The highest BCUT2D eigenvalue weighted by Crippen LogP contribution is 2.18. The zero-order valence-corrected chi connectivity index (χ0v) is 10.3. The van der Waals surface area contributed by atoms with Crippen LogP contribution in [0.2, 0.25) is 0 Å². The number of benzene rings is 1. The Morgan fingerprint density at radius 2 is 2.00 bits per heavy atom. The van der Waals surface area contributed by atoms with Crippen LogP contribution in [0.4, 0.5) is 0 Å². The van der Waals surface area contributed by atoms with Crippen LogP contribution in [0.1, 0.15) is 0 Å². The van der Waals surface area contributed by atoms with Crippen molar-refractivity contribution in [3.8, 4) is 17.1 Å². The molecule has 2 aromatic rings. The smallest absolute Gasteiger partial charge is 0.189 e. The standard InChI is InChI=1S/C13H16N2O3/c1-16-8-9-17-10-18-12-4-2-11(3-5-12)13-14-6-7-15-13/h2-7H,8-10H2,1H3,(H,14,15). The van der Waals surface area contributed by atoms with E-state index in [1.165, 1.54) is 0 Å². The van der Waals surface area contributed by atoms with Crippen molar-refractivity contribution in [2.24, 2.45) is 0 Å². The molecule has 1 N–H and O–H groups in total. The van der Waals surface area contributed by atoms with Gasteiger partial charge in [0.05, 0.1) is 13.2 Å². The fourth-order valence-electron chi connectivity index (χ4n) is 1.44. The normalized spacial score (nSPS) is 10.5. The van der Waals surface area contributed by atoms with E-state index in [1.807, 2.05) is 24.3 Å². The van der Waals surface area contributed by atoms with Crippen LogP contribution in [0, 0.1) is 0 Å². The van der Waals surface area contributed by atoms with Gasteiger partial charge >= 0.3 is 0 Å². The Morgan fingerprint density at radius 3 is 2.67 bits per heavy atom. The number of nitrogens with one attached hydrogen (secondary N) is 1. The largest absolute Gasteiger partial charge is 0.468 e. The second-order valence-corrected chi connectivity index (χ2v) is 3.63. The van der Waals surface area contributed by atoms with Crippen LogP contribution in [-0.2, 0) is 9.47 Å². The zero-order chi connectivity index (χ0) is 12.6. The van der Waals surface area contributed by atoms with Gasteiger partial charge in [-0.15, -0.1) is 0 Å². The number of ether oxygens (including phenoxy) is 3. The molecule has 5 heteroatoms. The Bertz CT molecular complexity index is 440. The molecule has 1 aromatic heterocycles. The fourth-order valence-corrected chi connectivity index (χ4v) is 1.44. The van der Waals surface area contributed by atoms with Crippen molar-refractivity contribution < 1.29 is 14.2 Å². The Labute approximate surface area is 106 Å². The van der Waals surface area contributed by atoms with Gasteiger partial charge in [-0.25, -0.2) is 4.98 Å². The molecule has 0 saturated heterocycles. The Hall–Kier alpha value is -1.85. The van der Waals surface area contributed by atoms with Gasteiger partial charge in [0.2, 0.25) is 0 Å². The van der Waals surface area contributed by atoms with Gasteiger partial charge in [-0.05, 0) is 24.3 Å². The predicted molar refractivity (Wildman–Crippen MR) is 67.3 cm³/mol. The summed E-state index contributed by atoms with van der Waals surface area (Å²) in [5, 5.41) is 0. The van der Waals surface area contributed by atoms with E-state index in [-0.39, 0.29) is 6.79 Å². The highest BCUT2D eigenvalue weighted by molar-refractivity contribution is 5.55. The summed E-state index contributed by atoms with van der Waals surface area (Å²) in [6, 6.07) is 7.67. The van der Waals surface area contributed by atoms with Crippen molar-refractivity contribution >= 4 is 0 Å². The third kappa shape index (κ3) is 3.58. The molecular formula is C13H16N2O3. The van der Waals surface area contributed by atoms with E-state index in [9.17, 15) is 0 Å². The van der Waals surface area contributed by atoms with Crippen molar-refractivity contribution in [1.82, 2.24) is 9.97 Å². The SMILES string of the molecule is COCCOCOc1ccc(-c2ncc[nH]2)cc1.